The molecule has 2 aromatic heterocycles. The molecule has 1 fully saturated rings. The lowest BCUT2D eigenvalue weighted by molar-refractivity contribution is 0.111. The van der Waals surface area contributed by atoms with E-state index >= 15 is 0 Å². The summed E-state index contributed by atoms with van der Waals surface area (Å²) in [4.78, 5) is 9.10. The lowest BCUT2D eigenvalue weighted by Gasteiger charge is -2.03. The highest BCUT2D eigenvalue weighted by Gasteiger charge is 2.20. The predicted molar refractivity (Wildman–Crippen MR) is 80.0 cm³/mol. The normalized spacial score (nSPS) is 18.8. The van der Waals surface area contributed by atoms with Crippen LogP contribution in [0.1, 0.15) is 48.8 Å². The van der Waals surface area contributed by atoms with E-state index in [0.29, 0.717) is 0 Å². The highest BCUT2D eigenvalue weighted by atomic mass is 32.2. The molecule has 1 saturated heterocycles. The van der Waals surface area contributed by atoms with Crippen molar-refractivity contribution in [3.63, 3.8) is 0 Å². The average Bonchev–Trinajstić information content (AvgIpc) is 3.18. The number of H-pyrrole nitrogens is 1. The van der Waals surface area contributed by atoms with Gasteiger partial charge in [0, 0.05) is 24.2 Å². The van der Waals surface area contributed by atoms with E-state index in [9.17, 15) is 0 Å². The maximum Gasteiger partial charge on any atom is 0.208 e. The van der Waals surface area contributed by atoms with Crippen LogP contribution in [0.2, 0.25) is 0 Å². The van der Waals surface area contributed by atoms with Crippen LogP contribution in [0.3, 0.4) is 0 Å². The van der Waals surface area contributed by atoms with E-state index in [2.05, 4.69) is 32.5 Å². The van der Waals surface area contributed by atoms with Crippen molar-refractivity contribution in [3.05, 3.63) is 21.9 Å². The highest BCUT2D eigenvalue weighted by molar-refractivity contribution is 7.98. The van der Waals surface area contributed by atoms with Crippen LogP contribution >= 0.6 is 23.1 Å². The van der Waals surface area contributed by atoms with Crippen LogP contribution in [-0.4, -0.2) is 26.8 Å². The Balaban J connectivity index is 1.54. The average molecular weight is 310 g/mol. The zero-order valence-corrected chi connectivity index (χ0v) is 13.1. The van der Waals surface area contributed by atoms with Crippen LogP contribution in [0.5, 0.6) is 0 Å². The second-order valence-electron chi connectivity index (χ2n) is 4.78. The van der Waals surface area contributed by atoms with Crippen LogP contribution in [-0.2, 0) is 16.9 Å². The number of aryl methyl sites for hydroxylation is 1. The van der Waals surface area contributed by atoms with Gasteiger partial charge in [-0.25, -0.2) is 9.97 Å². The third-order valence-electron chi connectivity index (χ3n) is 3.12. The molecule has 0 aromatic carbocycles. The van der Waals surface area contributed by atoms with Crippen LogP contribution in [0.15, 0.2) is 10.5 Å². The SMILES string of the molecule is CCCc1nc(SCc2csc(C3CCCO3)n2)n[nH]1. The summed E-state index contributed by atoms with van der Waals surface area (Å²) in [5, 5.41) is 11.2. The standard InChI is InChI=1S/C13H18N4OS2/c1-2-4-11-15-13(17-16-11)20-8-9-7-19-12(14-9)10-5-3-6-18-10/h7,10H,2-6,8H2,1H3,(H,15,16,17). The molecule has 0 spiro atoms. The van der Waals surface area contributed by atoms with Gasteiger partial charge in [-0.15, -0.1) is 16.4 Å². The number of thiazole rings is 1. The smallest absolute Gasteiger partial charge is 0.208 e. The molecule has 108 valence electrons. The molecular formula is C13H18N4OS2. The summed E-state index contributed by atoms with van der Waals surface area (Å²) in [6.07, 6.45) is 4.50. The summed E-state index contributed by atoms with van der Waals surface area (Å²) in [7, 11) is 0. The van der Waals surface area contributed by atoms with E-state index in [-0.39, 0.29) is 6.10 Å². The van der Waals surface area contributed by atoms with Crippen molar-refractivity contribution in [1.82, 2.24) is 20.2 Å². The molecule has 2 aromatic rings. The first-order valence-electron chi connectivity index (χ1n) is 6.95. The summed E-state index contributed by atoms with van der Waals surface area (Å²) in [5.41, 5.74) is 1.09. The molecule has 7 heteroatoms. The van der Waals surface area contributed by atoms with Crippen molar-refractivity contribution in [3.8, 4) is 0 Å². The van der Waals surface area contributed by atoms with Crippen molar-refractivity contribution in [2.24, 2.45) is 0 Å². The number of hydrogen-bond donors (Lipinski definition) is 1. The minimum atomic E-state index is 0.221. The maximum absolute atomic E-state index is 5.66. The second kappa shape index (κ2) is 6.69. The van der Waals surface area contributed by atoms with E-state index < -0.39 is 0 Å². The van der Waals surface area contributed by atoms with Crippen molar-refractivity contribution >= 4 is 23.1 Å². The van der Waals surface area contributed by atoms with Crippen molar-refractivity contribution in [2.75, 3.05) is 6.61 Å². The van der Waals surface area contributed by atoms with Gasteiger partial charge in [-0.1, -0.05) is 18.7 Å². The fraction of sp³-hybridized carbons (Fsp3) is 0.615. The Morgan fingerprint density at radius 2 is 2.45 bits per heavy atom. The Labute approximate surface area is 126 Å². The number of rotatable bonds is 6. The topological polar surface area (TPSA) is 63.7 Å². The van der Waals surface area contributed by atoms with Gasteiger partial charge in [-0.2, -0.15) is 0 Å². The molecule has 0 bridgehead atoms. The minimum absolute atomic E-state index is 0.221. The largest absolute Gasteiger partial charge is 0.371 e. The number of nitrogens with one attached hydrogen (secondary N) is 1. The number of aromatic nitrogens is 4. The molecule has 20 heavy (non-hydrogen) atoms. The summed E-state index contributed by atoms with van der Waals surface area (Å²) in [6.45, 7) is 3.00. The summed E-state index contributed by atoms with van der Waals surface area (Å²) in [5.74, 6) is 1.78. The van der Waals surface area contributed by atoms with Crippen LogP contribution in [0, 0.1) is 0 Å². The number of ether oxygens (including phenoxy) is 1. The number of thioether (sulfide) groups is 1. The highest BCUT2D eigenvalue weighted by Crippen LogP contribution is 2.31. The van der Waals surface area contributed by atoms with Gasteiger partial charge in [0.25, 0.3) is 0 Å². The lowest BCUT2D eigenvalue weighted by Crippen LogP contribution is -1.95. The first-order valence-corrected chi connectivity index (χ1v) is 8.81. The maximum atomic E-state index is 5.66. The van der Waals surface area contributed by atoms with Gasteiger partial charge >= 0.3 is 0 Å². The second-order valence-corrected chi connectivity index (χ2v) is 6.61. The van der Waals surface area contributed by atoms with E-state index in [1.54, 1.807) is 23.1 Å². The van der Waals surface area contributed by atoms with Gasteiger partial charge in [-0.05, 0) is 19.3 Å². The molecule has 1 unspecified atom stereocenters. The van der Waals surface area contributed by atoms with Crippen molar-refractivity contribution in [1.29, 1.82) is 0 Å². The summed E-state index contributed by atoms with van der Waals surface area (Å²) >= 11 is 3.32. The zero-order valence-electron chi connectivity index (χ0n) is 11.5. The fourth-order valence-corrected chi connectivity index (χ4v) is 3.85. The van der Waals surface area contributed by atoms with Gasteiger partial charge in [0.05, 0.1) is 5.69 Å². The van der Waals surface area contributed by atoms with Gasteiger partial charge in [0.2, 0.25) is 5.16 Å². The third-order valence-corrected chi connectivity index (χ3v) is 4.99. The number of hydrogen-bond acceptors (Lipinski definition) is 6. The molecule has 0 radical (unpaired) electrons. The van der Waals surface area contributed by atoms with E-state index in [0.717, 1.165) is 59.7 Å². The molecular weight excluding hydrogens is 292 g/mol. The molecule has 0 saturated carbocycles. The lowest BCUT2D eigenvalue weighted by atomic mass is 10.2. The molecule has 1 aliphatic heterocycles. The van der Waals surface area contributed by atoms with Gasteiger partial charge in [0.15, 0.2) is 0 Å². The molecule has 0 aliphatic carbocycles. The Kier molecular flexibility index (Phi) is 4.69. The molecule has 1 N–H and O–H groups in total. The van der Waals surface area contributed by atoms with E-state index in [4.69, 9.17) is 4.74 Å². The molecule has 1 aliphatic rings. The van der Waals surface area contributed by atoms with E-state index in [1.165, 1.54) is 0 Å². The third kappa shape index (κ3) is 3.39. The van der Waals surface area contributed by atoms with Gasteiger partial charge in [0.1, 0.15) is 16.9 Å². The fourth-order valence-electron chi connectivity index (χ4n) is 2.14. The zero-order chi connectivity index (χ0) is 13.8. The minimum Gasteiger partial charge on any atom is -0.371 e. The monoisotopic (exact) mass is 310 g/mol. The molecule has 5 nitrogen and oxygen atoms in total. The Morgan fingerprint density at radius 3 is 3.25 bits per heavy atom. The Morgan fingerprint density at radius 1 is 1.50 bits per heavy atom. The predicted octanol–water partition coefficient (Wildman–Crippen LogP) is 3.36. The molecule has 1 atom stereocenters. The molecule has 0 amide bonds. The van der Waals surface area contributed by atoms with Crippen molar-refractivity contribution in [2.45, 2.75) is 49.6 Å². The summed E-state index contributed by atoms with van der Waals surface area (Å²) < 4.78 is 5.66. The van der Waals surface area contributed by atoms with Crippen LogP contribution < -0.4 is 0 Å². The van der Waals surface area contributed by atoms with E-state index in [1.807, 2.05) is 0 Å². The summed E-state index contributed by atoms with van der Waals surface area (Å²) in [6, 6.07) is 0. The quantitative estimate of drug-likeness (QED) is 0.829. The van der Waals surface area contributed by atoms with Crippen LogP contribution in [0.4, 0.5) is 0 Å². The Bertz CT molecular complexity index is 548. The molecule has 3 rings (SSSR count). The first-order chi connectivity index (χ1) is 9.85. The number of aromatic amines is 1. The molecule has 3 heterocycles. The number of nitrogens with zero attached hydrogens (tertiary/aromatic N) is 3. The van der Waals surface area contributed by atoms with Crippen LogP contribution in [0.25, 0.3) is 0 Å². The Hall–Kier alpha value is -0.920. The first kappa shape index (κ1) is 14.0. The van der Waals surface area contributed by atoms with Crippen molar-refractivity contribution < 1.29 is 4.74 Å². The van der Waals surface area contributed by atoms with Gasteiger partial charge in [-0.3, -0.25) is 5.10 Å². The van der Waals surface area contributed by atoms with Gasteiger partial charge < -0.3 is 4.74 Å².